The molecule has 2 rings (SSSR count). The first-order valence-corrected chi connectivity index (χ1v) is 8.50. The molecule has 2 amide bonds. The standard InChI is InChI=1S/C15H21ClN2O3S/c1-9-8-18(7-6-11(9)14(19)21-3)15(20)17-10(2)12-4-5-13(16)22-12/h4-5,9-11H,6-8H2,1-3H3,(H,17,20). The molecule has 1 aromatic heterocycles. The Hall–Kier alpha value is -1.27. The quantitative estimate of drug-likeness (QED) is 0.856. The lowest BCUT2D eigenvalue weighted by atomic mass is 9.87. The molecule has 1 saturated heterocycles. The number of nitrogens with zero attached hydrogens (tertiary/aromatic N) is 1. The van der Waals surface area contributed by atoms with Crippen molar-refractivity contribution >= 4 is 34.9 Å². The Morgan fingerprint density at radius 2 is 2.23 bits per heavy atom. The molecule has 0 saturated carbocycles. The molecule has 2 heterocycles. The molecule has 0 aliphatic carbocycles. The van der Waals surface area contributed by atoms with Gasteiger partial charge in [0.2, 0.25) is 0 Å². The average Bonchev–Trinajstić information content (AvgIpc) is 2.93. The van der Waals surface area contributed by atoms with Gasteiger partial charge >= 0.3 is 12.0 Å². The van der Waals surface area contributed by atoms with Gasteiger partial charge in [0.1, 0.15) is 0 Å². The number of hydrogen-bond donors (Lipinski definition) is 1. The van der Waals surface area contributed by atoms with Crippen molar-refractivity contribution in [2.75, 3.05) is 20.2 Å². The second kappa shape index (κ2) is 7.33. The molecule has 0 aromatic carbocycles. The summed E-state index contributed by atoms with van der Waals surface area (Å²) in [6, 6.07) is 3.56. The minimum Gasteiger partial charge on any atom is -0.469 e. The average molecular weight is 345 g/mol. The minimum atomic E-state index is -0.186. The number of hydrogen-bond acceptors (Lipinski definition) is 4. The normalized spacial score (nSPS) is 23.0. The van der Waals surface area contributed by atoms with Gasteiger partial charge in [0.05, 0.1) is 23.4 Å². The Kier molecular flexibility index (Phi) is 5.69. The highest BCUT2D eigenvalue weighted by atomic mass is 35.5. The van der Waals surface area contributed by atoms with Crippen LogP contribution < -0.4 is 5.32 Å². The van der Waals surface area contributed by atoms with E-state index in [4.69, 9.17) is 16.3 Å². The summed E-state index contributed by atoms with van der Waals surface area (Å²) in [7, 11) is 1.40. The smallest absolute Gasteiger partial charge is 0.317 e. The van der Waals surface area contributed by atoms with Gasteiger partial charge in [0.15, 0.2) is 0 Å². The monoisotopic (exact) mass is 344 g/mol. The fraction of sp³-hybridized carbons (Fsp3) is 0.600. The van der Waals surface area contributed by atoms with E-state index in [2.05, 4.69) is 5.32 Å². The molecule has 1 aromatic rings. The molecule has 1 N–H and O–H groups in total. The maximum Gasteiger partial charge on any atom is 0.317 e. The lowest BCUT2D eigenvalue weighted by molar-refractivity contribution is -0.148. The van der Waals surface area contributed by atoms with Crippen LogP contribution in [-0.4, -0.2) is 37.1 Å². The second-order valence-corrected chi connectivity index (χ2v) is 7.40. The number of methoxy groups -OCH3 is 1. The van der Waals surface area contributed by atoms with Crippen molar-refractivity contribution in [3.05, 3.63) is 21.3 Å². The molecule has 5 nitrogen and oxygen atoms in total. The van der Waals surface area contributed by atoms with Crippen molar-refractivity contribution in [1.29, 1.82) is 0 Å². The van der Waals surface area contributed by atoms with Gasteiger partial charge in [-0.05, 0) is 31.4 Å². The molecule has 122 valence electrons. The molecule has 0 bridgehead atoms. The maximum absolute atomic E-state index is 12.4. The number of halogens is 1. The zero-order valence-corrected chi connectivity index (χ0v) is 14.5. The summed E-state index contributed by atoms with van der Waals surface area (Å²) in [6.07, 6.45) is 0.639. The van der Waals surface area contributed by atoms with Crippen molar-refractivity contribution < 1.29 is 14.3 Å². The van der Waals surface area contributed by atoms with E-state index in [0.29, 0.717) is 23.8 Å². The number of piperidine rings is 1. The zero-order valence-electron chi connectivity index (χ0n) is 13.0. The summed E-state index contributed by atoms with van der Waals surface area (Å²) in [5.41, 5.74) is 0. The van der Waals surface area contributed by atoms with E-state index in [-0.39, 0.29) is 29.9 Å². The van der Waals surface area contributed by atoms with Crippen LogP contribution in [0.3, 0.4) is 0 Å². The lowest BCUT2D eigenvalue weighted by Crippen LogP contribution is -2.49. The van der Waals surface area contributed by atoms with Crippen molar-refractivity contribution in [2.24, 2.45) is 11.8 Å². The molecule has 1 aliphatic rings. The van der Waals surface area contributed by atoms with E-state index in [1.54, 1.807) is 4.90 Å². The molecular formula is C15H21ClN2O3S. The van der Waals surface area contributed by atoms with Crippen LogP contribution in [0.15, 0.2) is 12.1 Å². The molecule has 3 atom stereocenters. The van der Waals surface area contributed by atoms with Crippen LogP contribution in [0.5, 0.6) is 0 Å². The zero-order chi connectivity index (χ0) is 16.3. The van der Waals surface area contributed by atoms with Crippen molar-refractivity contribution in [3.8, 4) is 0 Å². The lowest BCUT2D eigenvalue weighted by Gasteiger charge is -2.36. The fourth-order valence-corrected chi connectivity index (χ4v) is 3.80. The summed E-state index contributed by atoms with van der Waals surface area (Å²) >= 11 is 7.38. The van der Waals surface area contributed by atoms with E-state index in [0.717, 1.165) is 4.88 Å². The van der Waals surface area contributed by atoms with Crippen LogP contribution >= 0.6 is 22.9 Å². The number of thiophene rings is 1. The van der Waals surface area contributed by atoms with Gasteiger partial charge in [-0.15, -0.1) is 11.3 Å². The van der Waals surface area contributed by atoms with Gasteiger partial charge in [-0.1, -0.05) is 18.5 Å². The van der Waals surface area contributed by atoms with Gasteiger partial charge < -0.3 is 15.0 Å². The predicted octanol–water partition coefficient (Wildman–Crippen LogP) is 3.30. The van der Waals surface area contributed by atoms with E-state index in [9.17, 15) is 9.59 Å². The predicted molar refractivity (Wildman–Crippen MR) is 87.1 cm³/mol. The first-order chi connectivity index (χ1) is 10.4. The fourth-order valence-electron chi connectivity index (χ4n) is 2.74. The molecule has 0 spiro atoms. The third kappa shape index (κ3) is 3.93. The van der Waals surface area contributed by atoms with Crippen LogP contribution in [0.1, 0.15) is 31.2 Å². The topological polar surface area (TPSA) is 58.6 Å². The van der Waals surface area contributed by atoms with Crippen LogP contribution in [0.25, 0.3) is 0 Å². The molecule has 7 heteroatoms. The van der Waals surface area contributed by atoms with Gasteiger partial charge in [-0.2, -0.15) is 0 Å². The van der Waals surface area contributed by atoms with E-state index in [1.807, 2.05) is 26.0 Å². The van der Waals surface area contributed by atoms with Crippen molar-refractivity contribution in [3.63, 3.8) is 0 Å². The Morgan fingerprint density at radius 3 is 2.77 bits per heavy atom. The van der Waals surface area contributed by atoms with E-state index in [1.165, 1.54) is 18.4 Å². The van der Waals surface area contributed by atoms with Crippen LogP contribution in [-0.2, 0) is 9.53 Å². The summed E-state index contributed by atoms with van der Waals surface area (Å²) in [5.74, 6) is -0.213. The largest absolute Gasteiger partial charge is 0.469 e. The van der Waals surface area contributed by atoms with Gasteiger partial charge in [-0.25, -0.2) is 4.79 Å². The van der Waals surface area contributed by atoms with Crippen molar-refractivity contribution in [2.45, 2.75) is 26.3 Å². The Morgan fingerprint density at radius 1 is 1.50 bits per heavy atom. The summed E-state index contributed by atoms with van der Waals surface area (Å²) < 4.78 is 5.52. The van der Waals surface area contributed by atoms with Crippen LogP contribution in [0.4, 0.5) is 4.79 Å². The highest BCUT2D eigenvalue weighted by Crippen LogP contribution is 2.28. The number of nitrogens with one attached hydrogen (secondary N) is 1. The number of esters is 1. The molecule has 3 unspecified atom stereocenters. The Balaban J connectivity index is 1.90. The number of likely N-dealkylation sites (tertiary alicyclic amines) is 1. The summed E-state index contributed by atoms with van der Waals surface area (Å²) in [5, 5.41) is 2.98. The molecule has 22 heavy (non-hydrogen) atoms. The number of carbonyl (C=O) groups excluding carboxylic acids is 2. The number of rotatable bonds is 3. The molecular weight excluding hydrogens is 324 g/mol. The molecule has 1 fully saturated rings. The van der Waals surface area contributed by atoms with Crippen molar-refractivity contribution in [1.82, 2.24) is 10.2 Å². The van der Waals surface area contributed by atoms with Gasteiger partial charge in [0, 0.05) is 18.0 Å². The van der Waals surface area contributed by atoms with Crippen LogP contribution in [0.2, 0.25) is 4.34 Å². The molecule has 1 aliphatic heterocycles. The van der Waals surface area contributed by atoms with Crippen LogP contribution in [0, 0.1) is 11.8 Å². The molecule has 0 radical (unpaired) electrons. The summed E-state index contributed by atoms with van der Waals surface area (Å²) in [6.45, 7) is 5.03. The maximum atomic E-state index is 12.4. The number of urea groups is 1. The van der Waals surface area contributed by atoms with E-state index < -0.39 is 0 Å². The third-order valence-corrected chi connectivity index (χ3v) is 5.47. The SMILES string of the molecule is COC(=O)C1CCN(C(=O)NC(C)c2ccc(Cl)s2)CC1C. The number of carbonyl (C=O) groups is 2. The number of amides is 2. The highest BCUT2D eigenvalue weighted by molar-refractivity contribution is 7.16. The number of ether oxygens (including phenoxy) is 1. The minimum absolute atomic E-state index is 0.0846. The Labute approximate surface area is 139 Å². The summed E-state index contributed by atoms with van der Waals surface area (Å²) in [4.78, 5) is 26.8. The van der Waals surface area contributed by atoms with Gasteiger partial charge in [-0.3, -0.25) is 4.79 Å². The first kappa shape index (κ1) is 17.1. The van der Waals surface area contributed by atoms with Gasteiger partial charge in [0.25, 0.3) is 0 Å². The first-order valence-electron chi connectivity index (χ1n) is 7.31. The third-order valence-electron chi connectivity index (χ3n) is 4.06. The second-order valence-electron chi connectivity index (χ2n) is 5.65. The Bertz CT molecular complexity index is 549. The highest BCUT2D eigenvalue weighted by Gasteiger charge is 2.34. The van der Waals surface area contributed by atoms with E-state index >= 15 is 0 Å².